The van der Waals surface area contributed by atoms with Gasteiger partial charge in [0.1, 0.15) is 35.2 Å². The van der Waals surface area contributed by atoms with E-state index < -0.39 is 28.9 Å². The van der Waals surface area contributed by atoms with Crippen molar-refractivity contribution < 1.29 is 18.0 Å². The van der Waals surface area contributed by atoms with Crippen molar-refractivity contribution in [1.29, 1.82) is 0 Å². The van der Waals surface area contributed by atoms with Gasteiger partial charge >= 0.3 is 0 Å². The number of carbonyl (C=O) groups excluding carboxylic acids is 1. The van der Waals surface area contributed by atoms with Gasteiger partial charge in [0.15, 0.2) is 0 Å². The lowest BCUT2D eigenvalue weighted by Gasteiger charge is -2.10. The molecule has 2 N–H and O–H groups in total. The number of nitrogens with one attached hydrogen (secondary N) is 2. The van der Waals surface area contributed by atoms with E-state index in [1.165, 1.54) is 30.6 Å². The number of hydrogen-bond acceptors (Lipinski definition) is 4. The van der Waals surface area contributed by atoms with Gasteiger partial charge in [0.2, 0.25) is 0 Å². The van der Waals surface area contributed by atoms with Crippen molar-refractivity contribution in [1.82, 2.24) is 15.3 Å². The van der Waals surface area contributed by atoms with Crippen molar-refractivity contribution in [2.45, 2.75) is 0 Å². The van der Waals surface area contributed by atoms with Crippen LogP contribution in [-0.4, -0.2) is 29.0 Å². The van der Waals surface area contributed by atoms with Gasteiger partial charge in [-0.1, -0.05) is 6.07 Å². The molecule has 0 unspecified atom stereocenters. The molecule has 5 nitrogen and oxygen atoms in total. The fourth-order valence-electron chi connectivity index (χ4n) is 2.33. The first-order valence-corrected chi connectivity index (χ1v) is 7.42. The van der Waals surface area contributed by atoms with E-state index in [9.17, 15) is 18.0 Å². The van der Waals surface area contributed by atoms with E-state index in [1.54, 1.807) is 0 Å². The van der Waals surface area contributed by atoms with Crippen molar-refractivity contribution >= 4 is 22.6 Å². The van der Waals surface area contributed by atoms with Crippen molar-refractivity contribution in [2.24, 2.45) is 0 Å². The van der Waals surface area contributed by atoms with Crippen LogP contribution in [0.3, 0.4) is 0 Å². The highest BCUT2D eigenvalue weighted by Crippen LogP contribution is 2.19. The number of nitrogens with zero attached hydrogens (tertiary/aromatic N) is 2. The van der Waals surface area contributed by atoms with Gasteiger partial charge in [-0.05, 0) is 30.3 Å². The molecule has 0 saturated heterocycles. The minimum absolute atomic E-state index is 0.0907. The molecule has 128 valence electrons. The molecule has 0 aliphatic carbocycles. The Labute approximate surface area is 140 Å². The number of carbonyl (C=O) groups is 1. The molecule has 0 radical (unpaired) electrons. The van der Waals surface area contributed by atoms with Crippen LogP contribution in [0.5, 0.6) is 0 Å². The van der Waals surface area contributed by atoms with Gasteiger partial charge in [-0.15, -0.1) is 0 Å². The van der Waals surface area contributed by atoms with E-state index in [0.717, 1.165) is 12.1 Å². The third kappa shape index (κ3) is 3.68. The van der Waals surface area contributed by atoms with Crippen LogP contribution in [0.2, 0.25) is 0 Å². The highest BCUT2D eigenvalue weighted by molar-refractivity contribution is 5.94. The first-order valence-electron chi connectivity index (χ1n) is 7.42. The standard InChI is InChI=1S/C17H13F3N4O/c18-10-4-5-14-11(8-10)16(24-9-23-14)21-6-7-22-17(25)15-12(19)2-1-3-13(15)20/h1-5,8-9H,6-7H2,(H,22,25)(H,21,23,24). The Balaban J connectivity index is 1.62. The van der Waals surface area contributed by atoms with Gasteiger partial charge < -0.3 is 10.6 Å². The van der Waals surface area contributed by atoms with E-state index in [4.69, 9.17) is 0 Å². The molecule has 2 aromatic carbocycles. The van der Waals surface area contributed by atoms with Crippen LogP contribution < -0.4 is 10.6 Å². The monoisotopic (exact) mass is 346 g/mol. The number of fused-ring (bicyclic) bond motifs is 1. The topological polar surface area (TPSA) is 66.9 Å². The zero-order valence-electron chi connectivity index (χ0n) is 12.9. The van der Waals surface area contributed by atoms with Crippen LogP contribution >= 0.6 is 0 Å². The Morgan fingerprint density at radius 3 is 2.52 bits per heavy atom. The highest BCUT2D eigenvalue weighted by Gasteiger charge is 2.16. The molecule has 1 amide bonds. The van der Waals surface area contributed by atoms with Gasteiger partial charge in [0.25, 0.3) is 5.91 Å². The predicted octanol–water partition coefficient (Wildman–Crippen LogP) is 2.89. The van der Waals surface area contributed by atoms with Crippen LogP contribution in [0, 0.1) is 17.5 Å². The number of anilines is 1. The smallest absolute Gasteiger partial charge is 0.257 e. The zero-order chi connectivity index (χ0) is 17.8. The second-order valence-corrected chi connectivity index (χ2v) is 5.16. The molecule has 1 aromatic heterocycles. The van der Waals surface area contributed by atoms with E-state index in [0.29, 0.717) is 16.7 Å². The summed E-state index contributed by atoms with van der Waals surface area (Å²) in [6, 6.07) is 7.32. The molecule has 0 saturated carbocycles. The minimum Gasteiger partial charge on any atom is -0.368 e. The molecule has 3 rings (SSSR count). The second kappa shape index (κ2) is 7.16. The Hall–Kier alpha value is -3.16. The van der Waals surface area contributed by atoms with Gasteiger partial charge in [0.05, 0.1) is 5.52 Å². The lowest BCUT2D eigenvalue weighted by molar-refractivity contribution is 0.0946. The SMILES string of the molecule is O=C(NCCNc1ncnc2ccc(F)cc12)c1c(F)cccc1F. The molecular weight excluding hydrogens is 333 g/mol. The fourth-order valence-corrected chi connectivity index (χ4v) is 2.33. The first kappa shape index (κ1) is 16.7. The van der Waals surface area contributed by atoms with Crippen molar-refractivity contribution in [3.05, 3.63) is 65.7 Å². The average molecular weight is 346 g/mol. The number of aromatic nitrogens is 2. The third-order valence-electron chi connectivity index (χ3n) is 3.49. The number of rotatable bonds is 5. The Morgan fingerprint density at radius 1 is 1.00 bits per heavy atom. The molecule has 1 heterocycles. The van der Waals surface area contributed by atoms with E-state index in [2.05, 4.69) is 20.6 Å². The summed E-state index contributed by atoms with van der Waals surface area (Å²) >= 11 is 0. The normalized spacial score (nSPS) is 10.7. The quantitative estimate of drug-likeness (QED) is 0.697. The number of hydrogen-bond donors (Lipinski definition) is 2. The van der Waals surface area contributed by atoms with Gasteiger partial charge in [-0.2, -0.15) is 0 Å². The Kier molecular flexibility index (Phi) is 4.78. The van der Waals surface area contributed by atoms with Crippen molar-refractivity contribution in [3.8, 4) is 0 Å². The summed E-state index contributed by atoms with van der Waals surface area (Å²) in [4.78, 5) is 19.9. The van der Waals surface area contributed by atoms with Crippen molar-refractivity contribution in [3.63, 3.8) is 0 Å². The molecule has 0 aliphatic rings. The maximum atomic E-state index is 13.5. The second-order valence-electron chi connectivity index (χ2n) is 5.16. The highest BCUT2D eigenvalue weighted by atomic mass is 19.1. The Bertz CT molecular complexity index is 913. The van der Waals surface area contributed by atoms with E-state index >= 15 is 0 Å². The molecule has 25 heavy (non-hydrogen) atoms. The lowest BCUT2D eigenvalue weighted by atomic mass is 10.2. The largest absolute Gasteiger partial charge is 0.368 e. The number of halogens is 3. The van der Waals surface area contributed by atoms with E-state index in [-0.39, 0.29) is 13.1 Å². The van der Waals surface area contributed by atoms with Crippen LogP contribution in [0.25, 0.3) is 10.9 Å². The van der Waals surface area contributed by atoms with Crippen molar-refractivity contribution in [2.75, 3.05) is 18.4 Å². The van der Waals surface area contributed by atoms with Crippen LogP contribution in [0.4, 0.5) is 19.0 Å². The van der Waals surface area contributed by atoms with Crippen LogP contribution in [0.15, 0.2) is 42.7 Å². The maximum absolute atomic E-state index is 13.5. The molecule has 0 atom stereocenters. The van der Waals surface area contributed by atoms with Crippen LogP contribution in [-0.2, 0) is 0 Å². The number of benzene rings is 2. The van der Waals surface area contributed by atoms with Crippen LogP contribution in [0.1, 0.15) is 10.4 Å². The summed E-state index contributed by atoms with van der Waals surface area (Å²) < 4.78 is 40.4. The van der Waals surface area contributed by atoms with Gasteiger partial charge in [-0.3, -0.25) is 4.79 Å². The summed E-state index contributed by atoms with van der Waals surface area (Å²) in [5.74, 6) is -2.73. The molecule has 8 heteroatoms. The summed E-state index contributed by atoms with van der Waals surface area (Å²) in [5, 5.41) is 5.84. The summed E-state index contributed by atoms with van der Waals surface area (Å²) in [6.07, 6.45) is 1.33. The number of amides is 1. The molecule has 0 aliphatic heterocycles. The predicted molar refractivity (Wildman–Crippen MR) is 86.7 cm³/mol. The third-order valence-corrected chi connectivity index (χ3v) is 3.49. The molecule has 0 bridgehead atoms. The Morgan fingerprint density at radius 2 is 1.76 bits per heavy atom. The zero-order valence-corrected chi connectivity index (χ0v) is 12.9. The minimum atomic E-state index is -0.928. The summed E-state index contributed by atoms with van der Waals surface area (Å²) in [5.41, 5.74) is -0.0616. The molecule has 0 fully saturated rings. The maximum Gasteiger partial charge on any atom is 0.257 e. The summed E-state index contributed by atoms with van der Waals surface area (Å²) in [7, 11) is 0. The molecule has 3 aromatic rings. The summed E-state index contributed by atoms with van der Waals surface area (Å²) in [6.45, 7) is 0.317. The first-order chi connectivity index (χ1) is 12.1. The average Bonchev–Trinajstić information content (AvgIpc) is 2.58. The van der Waals surface area contributed by atoms with Gasteiger partial charge in [-0.25, -0.2) is 23.1 Å². The molecular formula is C17H13F3N4O. The van der Waals surface area contributed by atoms with Gasteiger partial charge in [0, 0.05) is 18.5 Å². The van der Waals surface area contributed by atoms with E-state index in [1.807, 2.05) is 0 Å². The molecule has 0 spiro atoms. The fraction of sp³-hybridized carbons (Fsp3) is 0.118. The lowest BCUT2D eigenvalue weighted by Crippen LogP contribution is -2.30.